The van der Waals surface area contributed by atoms with Crippen molar-refractivity contribution < 1.29 is 12.9 Å². The fraction of sp³-hybridized carbons (Fsp3) is 0. The number of primary sulfonamides is 1. The Hall–Kier alpha value is -2.22. The lowest BCUT2D eigenvalue weighted by Gasteiger charge is -2.07. The minimum atomic E-state index is -3.98. The molecular weight excluding hydrogens is 328 g/mol. The van der Waals surface area contributed by atoms with Crippen molar-refractivity contribution in [2.24, 2.45) is 5.14 Å². The molecule has 0 aliphatic rings. The number of hydrogen-bond donors (Lipinski definition) is 1. The largest absolute Gasteiger partial charge is 0.366 e. The lowest BCUT2D eigenvalue weighted by molar-refractivity contribution is 0.380. The van der Waals surface area contributed by atoms with Crippen LogP contribution in [-0.2, 0) is 10.0 Å². The van der Waals surface area contributed by atoms with E-state index >= 15 is 0 Å². The summed E-state index contributed by atoms with van der Waals surface area (Å²) in [5, 5.41) is 9.80. The second-order valence-electron chi connectivity index (χ2n) is 4.55. The number of aromatic nitrogens is 1. The first-order chi connectivity index (χ1) is 10.4. The average Bonchev–Trinajstić information content (AvgIpc) is 2.48. The molecular formula is C14H9ClN2O4S. The maximum Gasteiger partial charge on any atom is 0.366 e. The van der Waals surface area contributed by atoms with Crippen molar-refractivity contribution in [1.29, 1.82) is 0 Å². The molecule has 6 nitrogen and oxygen atoms in total. The van der Waals surface area contributed by atoms with Gasteiger partial charge in [-0.3, -0.25) is 0 Å². The minimum absolute atomic E-state index is 0.00735. The lowest BCUT2D eigenvalue weighted by atomic mass is 10.1. The van der Waals surface area contributed by atoms with Crippen LogP contribution in [0.2, 0.25) is 5.02 Å². The molecule has 2 N–H and O–H groups in total. The van der Waals surface area contributed by atoms with E-state index in [-0.39, 0.29) is 9.92 Å². The van der Waals surface area contributed by atoms with Gasteiger partial charge in [0.2, 0.25) is 10.0 Å². The second kappa shape index (κ2) is 5.20. The van der Waals surface area contributed by atoms with Crippen molar-refractivity contribution in [2.45, 2.75) is 4.90 Å². The van der Waals surface area contributed by atoms with Crippen LogP contribution in [0.1, 0.15) is 0 Å². The van der Waals surface area contributed by atoms with Crippen LogP contribution in [0.5, 0.6) is 0 Å². The Bertz CT molecular complexity index is 1040. The quantitative estimate of drug-likeness (QED) is 0.772. The molecule has 0 amide bonds. The summed E-state index contributed by atoms with van der Waals surface area (Å²) in [6.45, 7) is 0. The van der Waals surface area contributed by atoms with Crippen LogP contribution in [-0.4, -0.2) is 13.6 Å². The van der Waals surface area contributed by atoms with Crippen LogP contribution in [0.4, 0.5) is 0 Å². The van der Waals surface area contributed by atoms with E-state index in [2.05, 4.69) is 5.16 Å². The summed E-state index contributed by atoms with van der Waals surface area (Å²) in [6, 6.07) is 11.0. The molecule has 1 heterocycles. The van der Waals surface area contributed by atoms with Gasteiger partial charge < -0.3 is 4.52 Å². The van der Waals surface area contributed by atoms with Crippen molar-refractivity contribution in [2.75, 3.05) is 0 Å². The third kappa shape index (κ3) is 2.50. The highest BCUT2D eigenvalue weighted by Gasteiger charge is 2.17. The Balaban J connectivity index is 2.34. The standard InChI is InChI=1S/C14H9ClN2O4S/c15-11-6-5-8(7-12(11)22(16,19)20)13-9-3-1-2-4-10(9)14(18)21-17-13/h1-7H,(H2,16,19,20). The van der Waals surface area contributed by atoms with Gasteiger partial charge in [-0.2, -0.15) is 0 Å². The molecule has 0 unspecified atom stereocenters. The fourth-order valence-electron chi connectivity index (χ4n) is 2.13. The van der Waals surface area contributed by atoms with Gasteiger partial charge in [-0.15, -0.1) is 0 Å². The Morgan fingerprint density at radius 3 is 2.45 bits per heavy atom. The van der Waals surface area contributed by atoms with Crippen molar-refractivity contribution in [3.63, 3.8) is 0 Å². The first kappa shape index (κ1) is 14.7. The molecule has 0 bridgehead atoms. The summed E-state index contributed by atoms with van der Waals surface area (Å²) < 4.78 is 27.9. The maximum absolute atomic E-state index is 11.7. The van der Waals surface area contributed by atoms with Gasteiger partial charge in [-0.05, 0) is 18.2 Å². The van der Waals surface area contributed by atoms with E-state index in [0.717, 1.165) is 0 Å². The molecule has 0 saturated heterocycles. The number of nitrogens with zero attached hydrogens (tertiary/aromatic N) is 1. The molecule has 0 spiro atoms. The van der Waals surface area contributed by atoms with Crippen molar-refractivity contribution in [3.8, 4) is 11.3 Å². The third-order valence-corrected chi connectivity index (χ3v) is 4.53. The number of halogens is 1. The van der Waals surface area contributed by atoms with Gasteiger partial charge in [0, 0.05) is 10.9 Å². The maximum atomic E-state index is 11.7. The highest BCUT2D eigenvalue weighted by atomic mass is 35.5. The summed E-state index contributed by atoms with van der Waals surface area (Å²) >= 11 is 5.86. The SMILES string of the molecule is NS(=O)(=O)c1cc(-c2noc(=O)c3ccccc23)ccc1Cl. The molecule has 8 heteroatoms. The van der Waals surface area contributed by atoms with E-state index in [0.29, 0.717) is 22.0 Å². The number of hydrogen-bond acceptors (Lipinski definition) is 5. The van der Waals surface area contributed by atoms with Crippen LogP contribution >= 0.6 is 11.6 Å². The highest BCUT2D eigenvalue weighted by Crippen LogP contribution is 2.29. The van der Waals surface area contributed by atoms with E-state index in [1.807, 2.05) is 0 Å². The Morgan fingerprint density at radius 1 is 1.09 bits per heavy atom. The second-order valence-corrected chi connectivity index (χ2v) is 6.49. The fourth-order valence-corrected chi connectivity index (χ4v) is 3.20. The van der Waals surface area contributed by atoms with Crippen LogP contribution in [0, 0.1) is 0 Å². The van der Waals surface area contributed by atoms with Gasteiger partial charge in [-0.1, -0.05) is 41.0 Å². The van der Waals surface area contributed by atoms with Crippen molar-refractivity contribution in [1.82, 2.24) is 5.16 Å². The minimum Gasteiger partial charge on any atom is -0.312 e. The van der Waals surface area contributed by atoms with Crippen LogP contribution < -0.4 is 10.8 Å². The van der Waals surface area contributed by atoms with Crippen LogP contribution in [0.25, 0.3) is 22.0 Å². The molecule has 3 aromatic rings. The van der Waals surface area contributed by atoms with E-state index < -0.39 is 15.6 Å². The Kier molecular flexibility index (Phi) is 3.48. The van der Waals surface area contributed by atoms with Crippen LogP contribution in [0.3, 0.4) is 0 Å². The summed E-state index contributed by atoms with van der Waals surface area (Å²) in [7, 11) is -3.98. The zero-order valence-electron chi connectivity index (χ0n) is 11.0. The van der Waals surface area contributed by atoms with E-state index in [9.17, 15) is 13.2 Å². The van der Waals surface area contributed by atoms with Gasteiger partial charge in [0.25, 0.3) is 0 Å². The highest BCUT2D eigenvalue weighted by molar-refractivity contribution is 7.89. The molecule has 1 aromatic heterocycles. The zero-order chi connectivity index (χ0) is 15.9. The Morgan fingerprint density at radius 2 is 1.77 bits per heavy atom. The monoisotopic (exact) mass is 336 g/mol. The lowest BCUT2D eigenvalue weighted by Crippen LogP contribution is -2.13. The predicted octanol–water partition coefficient (Wildman–Crippen LogP) is 2.16. The van der Waals surface area contributed by atoms with Gasteiger partial charge >= 0.3 is 5.63 Å². The van der Waals surface area contributed by atoms with Crippen molar-refractivity contribution in [3.05, 3.63) is 57.9 Å². The molecule has 0 aliphatic heterocycles. The van der Waals surface area contributed by atoms with Crippen molar-refractivity contribution >= 4 is 32.4 Å². The molecule has 0 aliphatic carbocycles. The number of nitrogens with two attached hydrogens (primary N) is 1. The molecule has 0 saturated carbocycles. The molecule has 3 rings (SSSR count). The first-order valence-electron chi connectivity index (χ1n) is 6.09. The number of fused-ring (bicyclic) bond motifs is 1. The van der Waals surface area contributed by atoms with Gasteiger partial charge in [-0.25, -0.2) is 18.4 Å². The molecule has 2 aromatic carbocycles. The van der Waals surface area contributed by atoms with Gasteiger partial charge in [0.05, 0.1) is 10.4 Å². The Labute approximate surface area is 130 Å². The summed E-state index contributed by atoms with van der Waals surface area (Å²) in [5.41, 5.74) is 0.185. The number of benzene rings is 2. The molecule has 0 fully saturated rings. The van der Waals surface area contributed by atoms with E-state index in [1.165, 1.54) is 12.1 Å². The summed E-state index contributed by atoms with van der Waals surface area (Å²) in [4.78, 5) is 11.5. The van der Waals surface area contributed by atoms with Crippen LogP contribution in [0.15, 0.2) is 56.7 Å². The number of sulfonamides is 1. The van der Waals surface area contributed by atoms with E-state index in [4.69, 9.17) is 21.3 Å². The summed E-state index contributed by atoms with van der Waals surface area (Å²) in [6.07, 6.45) is 0. The topological polar surface area (TPSA) is 103 Å². The molecule has 0 atom stereocenters. The molecule has 112 valence electrons. The number of rotatable bonds is 2. The van der Waals surface area contributed by atoms with Gasteiger partial charge in [0.15, 0.2) is 0 Å². The molecule has 0 radical (unpaired) electrons. The van der Waals surface area contributed by atoms with E-state index in [1.54, 1.807) is 30.3 Å². The normalized spacial score (nSPS) is 11.7. The summed E-state index contributed by atoms with van der Waals surface area (Å²) in [5.74, 6) is 0. The molecule has 22 heavy (non-hydrogen) atoms. The third-order valence-electron chi connectivity index (χ3n) is 3.13. The average molecular weight is 337 g/mol. The predicted molar refractivity (Wildman–Crippen MR) is 82.1 cm³/mol. The smallest absolute Gasteiger partial charge is 0.312 e. The van der Waals surface area contributed by atoms with Gasteiger partial charge in [0.1, 0.15) is 10.6 Å². The zero-order valence-corrected chi connectivity index (χ0v) is 12.6. The first-order valence-corrected chi connectivity index (χ1v) is 8.02.